The second kappa shape index (κ2) is 7.13. The molecule has 0 spiro atoms. The minimum atomic E-state index is -0.715. The van der Waals surface area contributed by atoms with E-state index in [0.29, 0.717) is 0 Å². The molecule has 7 heteroatoms. The van der Waals surface area contributed by atoms with Crippen molar-refractivity contribution in [2.24, 2.45) is 0 Å². The van der Waals surface area contributed by atoms with Crippen molar-refractivity contribution in [3.05, 3.63) is 39.9 Å². The van der Waals surface area contributed by atoms with E-state index in [-0.39, 0.29) is 36.5 Å². The molecule has 0 bridgehead atoms. The minimum absolute atomic E-state index is 0.0277. The highest BCUT2D eigenvalue weighted by Gasteiger charge is 2.19. The highest BCUT2D eigenvalue weighted by atomic mass is 16.6. The average Bonchev–Trinajstić information content (AvgIpc) is 2.37. The van der Waals surface area contributed by atoms with Crippen LogP contribution in [0.5, 0.6) is 0 Å². The third kappa shape index (κ3) is 4.60. The van der Waals surface area contributed by atoms with Crippen LogP contribution < -0.4 is 0 Å². The molecule has 0 unspecified atom stereocenters. The first kappa shape index (κ1) is 15.5. The SMILES string of the molecule is CC(=O)CC(=O)OCCC(=O)c1ccccc1[N+](=O)[O-]. The number of benzene rings is 1. The fraction of sp³-hybridized carbons (Fsp3) is 0.308. The van der Waals surface area contributed by atoms with E-state index in [1.54, 1.807) is 0 Å². The Kier molecular flexibility index (Phi) is 5.52. The first-order valence-corrected chi connectivity index (χ1v) is 5.83. The van der Waals surface area contributed by atoms with E-state index in [0.717, 1.165) is 0 Å². The molecular formula is C13H13NO6. The van der Waals surface area contributed by atoms with Gasteiger partial charge in [0.1, 0.15) is 12.2 Å². The third-order valence-electron chi connectivity index (χ3n) is 2.39. The summed E-state index contributed by atoms with van der Waals surface area (Å²) in [6.45, 7) is 1.04. The van der Waals surface area contributed by atoms with Crippen molar-refractivity contribution in [1.82, 2.24) is 0 Å². The van der Waals surface area contributed by atoms with Crippen molar-refractivity contribution < 1.29 is 24.0 Å². The van der Waals surface area contributed by atoms with E-state index in [1.165, 1.54) is 31.2 Å². The van der Waals surface area contributed by atoms with Crippen molar-refractivity contribution in [3.63, 3.8) is 0 Å². The molecule has 0 aliphatic heterocycles. The molecule has 106 valence electrons. The Balaban J connectivity index is 2.58. The smallest absolute Gasteiger partial charge is 0.313 e. The maximum Gasteiger partial charge on any atom is 0.313 e. The highest BCUT2D eigenvalue weighted by molar-refractivity contribution is 6.00. The van der Waals surface area contributed by atoms with Crippen LogP contribution in [0.1, 0.15) is 30.1 Å². The predicted molar refractivity (Wildman–Crippen MR) is 68.3 cm³/mol. The summed E-state index contributed by atoms with van der Waals surface area (Å²) in [6, 6.07) is 5.55. The normalized spacial score (nSPS) is 9.85. The topological polar surface area (TPSA) is 104 Å². The Morgan fingerprint density at radius 2 is 1.90 bits per heavy atom. The molecular weight excluding hydrogens is 266 g/mol. The first-order valence-electron chi connectivity index (χ1n) is 5.83. The number of hydrogen-bond acceptors (Lipinski definition) is 6. The van der Waals surface area contributed by atoms with Crippen molar-refractivity contribution in [2.45, 2.75) is 19.8 Å². The number of rotatable bonds is 7. The lowest BCUT2D eigenvalue weighted by molar-refractivity contribution is -0.385. The number of ketones is 2. The summed E-state index contributed by atoms with van der Waals surface area (Å²) in [4.78, 5) is 43.7. The van der Waals surface area contributed by atoms with Crippen LogP contribution >= 0.6 is 0 Å². The highest BCUT2D eigenvalue weighted by Crippen LogP contribution is 2.19. The second-order valence-electron chi connectivity index (χ2n) is 4.05. The van der Waals surface area contributed by atoms with Gasteiger partial charge in [0.05, 0.1) is 17.1 Å². The van der Waals surface area contributed by atoms with Gasteiger partial charge in [0.25, 0.3) is 5.69 Å². The molecule has 0 aliphatic rings. The average molecular weight is 279 g/mol. The van der Waals surface area contributed by atoms with Crippen LogP contribution in [0.25, 0.3) is 0 Å². The molecule has 0 N–H and O–H groups in total. The number of Topliss-reactive ketones (excluding diaryl/α,β-unsaturated/α-hetero) is 2. The van der Waals surface area contributed by atoms with E-state index in [4.69, 9.17) is 4.74 Å². The number of nitrogens with zero attached hydrogens (tertiary/aromatic N) is 1. The molecule has 1 rings (SSSR count). The zero-order valence-corrected chi connectivity index (χ0v) is 10.8. The van der Waals surface area contributed by atoms with Gasteiger partial charge in [-0.3, -0.25) is 24.5 Å². The summed E-state index contributed by atoms with van der Waals surface area (Å²) >= 11 is 0. The summed E-state index contributed by atoms with van der Waals surface area (Å²) < 4.78 is 4.69. The number of esters is 1. The number of nitro groups is 1. The number of ether oxygens (including phenoxy) is 1. The maximum atomic E-state index is 11.8. The third-order valence-corrected chi connectivity index (χ3v) is 2.39. The lowest BCUT2D eigenvalue weighted by Crippen LogP contribution is -2.13. The van der Waals surface area contributed by atoms with E-state index in [9.17, 15) is 24.5 Å². The molecule has 7 nitrogen and oxygen atoms in total. The Morgan fingerprint density at radius 1 is 1.25 bits per heavy atom. The molecule has 0 heterocycles. The van der Waals surface area contributed by atoms with Gasteiger partial charge in [0.15, 0.2) is 5.78 Å². The lowest BCUT2D eigenvalue weighted by atomic mass is 10.1. The van der Waals surface area contributed by atoms with Crippen molar-refractivity contribution >= 4 is 23.2 Å². The van der Waals surface area contributed by atoms with Crippen LogP contribution in [0.3, 0.4) is 0 Å². The van der Waals surface area contributed by atoms with E-state index < -0.39 is 16.7 Å². The van der Waals surface area contributed by atoms with Gasteiger partial charge >= 0.3 is 5.97 Å². The van der Waals surface area contributed by atoms with Crippen molar-refractivity contribution in [2.75, 3.05) is 6.61 Å². The number of para-hydroxylation sites is 1. The summed E-state index contributed by atoms with van der Waals surface area (Å²) in [7, 11) is 0. The lowest BCUT2D eigenvalue weighted by Gasteiger charge is -2.04. The summed E-state index contributed by atoms with van der Waals surface area (Å²) in [5, 5.41) is 10.8. The van der Waals surface area contributed by atoms with Crippen LogP contribution in [0.15, 0.2) is 24.3 Å². The maximum absolute atomic E-state index is 11.8. The molecule has 0 fully saturated rings. The molecule has 0 aliphatic carbocycles. The Bertz CT molecular complexity index is 552. The fourth-order valence-electron chi connectivity index (χ4n) is 1.52. The van der Waals surface area contributed by atoms with E-state index in [1.807, 2.05) is 0 Å². The molecule has 1 aromatic carbocycles. The summed E-state index contributed by atoms with van der Waals surface area (Å²) in [5.41, 5.74) is -0.312. The molecule has 0 amide bonds. The Morgan fingerprint density at radius 3 is 2.50 bits per heavy atom. The van der Waals surface area contributed by atoms with Crippen molar-refractivity contribution in [3.8, 4) is 0 Å². The van der Waals surface area contributed by atoms with Gasteiger partial charge < -0.3 is 4.74 Å². The van der Waals surface area contributed by atoms with Gasteiger partial charge in [0, 0.05) is 12.5 Å². The predicted octanol–water partition coefficient (Wildman–Crippen LogP) is 1.69. The second-order valence-corrected chi connectivity index (χ2v) is 4.05. The van der Waals surface area contributed by atoms with Crippen LogP contribution in [0.2, 0.25) is 0 Å². The van der Waals surface area contributed by atoms with Gasteiger partial charge in [-0.15, -0.1) is 0 Å². The van der Waals surface area contributed by atoms with Crippen LogP contribution in [0.4, 0.5) is 5.69 Å². The monoisotopic (exact) mass is 279 g/mol. The van der Waals surface area contributed by atoms with E-state index in [2.05, 4.69) is 0 Å². The molecule has 0 radical (unpaired) electrons. The number of carbonyl (C=O) groups excluding carboxylic acids is 3. The fourth-order valence-corrected chi connectivity index (χ4v) is 1.52. The number of carbonyl (C=O) groups is 3. The number of hydrogen-bond donors (Lipinski definition) is 0. The van der Waals surface area contributed by atoms with Crippen LogP contribution in [-0.2, 0) is 14.3 Å². The van der Waals surface area contributed by atoms with Gasteiger partial charge in [-0.05, 0) is 13.0 Å². The first-order chi connectivity index (χ1) is 9.41. The van der Waals surface area contributed by atoms with Gasteiger partial charge in [-0.1, -0.05) is 12.1 Å². The van der Waals surface area contributed by atoms with E-state index >= 15 is 0 Å². The molecule has 0 saturated heterocycles. The van der Waals surface area contributed by atoms with Gasteiger partial charge in [0.2, 0.25) is 0 Å². The largest absolute Gasteiger partial charge is 0.465 e. The van der Waals surface area contributed by atoms with Crippen LogP contribution in [0, 0.1) is 10.1 Å². The van der Waals surface area contributed by atoms with Crippen LogP contribution in [-0.4, -0.2) is 29.1 Å². The van der Waals surface area contributed by atoms with Gasteiger partial charge in [-0.2, -0.15) is 0 Å². The molecule has 0 atom stereocenters. The number of nitro benzene ring substituents is 1. The van der Waals surface area contributed by atoms with Gasteiger partial charge in [-0.25, -0.2) is 0 Å². The zero-order chi connectivity index (χ0) is 15.1. The molecule has 0 saturated carbocycles. The van der Waals surface area contributed by atoms with Crippen molar-refractivity contribution in [1.29, 1.82) is 0 Å². The minimum Gasteiger partial charge on any atom is -0.465 e. The molecule has 20 heavy (non-hydrogen) atoms. The quantitative estimate of drug-likeness (QED) is 0.247. The molecule has 1 aromatic rings. The Hall–Kier alpha value is -2.57. The zero-order valence-electron chi connectivity index (χ0n) is 10.8. The Labute approximate surface area is 114 Å². The molecule has 0 aromatic heterocycles. The standard InChI is InChI=1S/C13H13NO6/c1-9(15)8-13(17)20-7-6-12(16)10-4-2-3-5-11(10)14(18)19/h2-5H,6-8H2,1H3. The summed E-state index contributed by atoms with van der Waals surface area (Å²) in [5.74, 6) is -1.54. The summed E-state index contributed by atoms with van der Waals surface area (Å²) in [6.07, 6.45) is -0.520.